The van der Waals surface area contributed by atoms with Gasteiger partial charge in [-0.05, 0) is 6.42 Å². The lowest BCUT2D eigenvalue weighted by atomic mass is 10.1. The van der Waals surface area contributed by atoms with Crippen molar-refractivity contribution in [1.29, 1.82) is 0 Å². The number of hydrogen-bond donors (Lipinski definition) is 2. The van der Waals surface area contributed by atoms with Gasteiger partial charge in [-0.2, -0.15) is 0 Å². The summed E-state index contributed by atoms with van der Waals surface area (Å²) in [5, 5.41) is 3.82. The zero-order valence-electron chi connectivity index (χ0n) is 12.2. The largest absolute Gasteiger partial charge is 0.465 e. The lowest BCUT2D eigenvalue weighted by Gasteiger charge is -2.10. The summed E-state index contributed by atoms with van der Waals surface area (Å²) in [6.45, 7) is 3.93. The van der Waals surface area contributed by atoms with Crippen LogP contribution in [-0.4, -0.2) is 38.6 Å². The fourth-order valence-electron chi connectivity index (χ4n) is 2.22. The maximum atomic E-state index is 11.9. The topological polar surface area (TPSA) is 90.6 Å². The lowest BCUT2D eigenvalue weighted by molar-refractivity contribution is 0.0603. The highest BCUT2D eigenvalue weighted by Gasteiger charge is 2.26. The van der Waals surface area contributed by atoms with Crippen LogP contribution in [0.5, 0.6) is 0 Å². The molecule has 21 heavy (non-hydrogen) atoms. The van der Waals surface area contributed by atoms with Crippen molar-refractivity contribution in [2.45, 2.75) is 19.8 Å². The van der Waals surface area contributed by atoms with Crippen LogP contribution in [0, 0.1) is 5.92 Å². The molecule has 1 fully saturated rings. The molecule has 1 aliphatic rings. The number of anilines is 2. The fraction of sp³-hybridized carbons (Fsp3) is 0.571. The molecule has 0 aromatic carbocycles. The Hall–Kier alpha value is -1.60. The predicted octanol–water partition coefficient (Wildman–Crippen LogP) is 2.16. The van der Waals surface area contributed by atoms with Gasteiger partial charge in [-0.15, -0.1) is 11.3 Å². The molecule has 3 N–H and O–H groups in total. The molecule has 0 saturated carbocycles. The summed E-state index contributed by atoms with van der Waals surface area (Å²) in [5.41, 5.74) is 6.44. The Bertz CT molecular complexity index is 535. The number of carbonyl (C=O) groups excluding carboxylic acids is 2. The van der Waals surface area contributed by atoms with Crippen LogP contribution in [0.15, 0.2) is 0 Å². The van der Waals surface area contributed by atoms with Gasteiger partial charge in [0.25, 0.3) is 0 Å². The first kappa shape index (κ1) is 15.8. The van der Waals surface area contributed by atoms with Crippen LogP contribution in [-0.2, 0) is 9.47 Å². The molecule has 1 saturated heterocycles. The van der Waals surface area contributed by atoms with Crippen molar-refractivity contribution >= 4 is 33.8 Å². The van der Waals surface area contributed by atoms with Crippen molar-refractivity contribution < 1.29 is 19.1 Å². The standard InChI is InChI=1S/C14H20N2O4S/c1-3-9(17)12-11(15)10(14(18)19-2)13(21-12)16-6-8-4-5-20-7-8/h8,16H,3-7,15H2,1-2H3. The number of methoxy groups -OCH3 is 1. The normalized spacial score (nSPS) is 17.7. The van der Waals surface area contributed by atoms with Crippen molar-refractivity contribution in [2.24, 2.45) is 5.92 Å². The van der Waals surface area contributed by atoms with Gasteiger partial charge in [0.1, 0.15) is 10.6 Å². The van der Waals surface area contributed by atoms with Crippen LogP contribution in [0.2, 0.25) is 0 Å². The molecule has 0 radical (unpaired) electrons. The summed E-state index contributed by atoms with van der Waals surface area (Å²) in [7, 11) is 1.30. The van der Waals surface area contributed by atoms with Gasteiger partial charge in [-0.25, -0.2) is 4.79 Å². The van der Waals surface area contributed by atoms with E-state index in [2.05, 4.69) is 5.32 Å². The first-order valence-corrected chi connectivity index (χ1v) is 7.75. The van der Waals surface area contributed by atoms with E-state index >= 15 is 0 Å². The Morgan fingerprint density at radius 3 is 2.86 bits per heavy atom. The van der Waals surface area contributed by atoms with Gasteiger partial charge in [0.05, 0.1) is 24.3 Å². The number of nitrogens with one attached hydrogen (secondary N) is 1. The number of ketones is 1. The first-order chi connectivity index (χ1) is 10.1. The third-order valence-electron chi connectivity index (χ3n) is 3.48. The molecule has 2 rings (SSSR count). The molecule has 1 aromatic rings. The maximum absolute atomic E-state index is 11.9. The van der Waals surface area contributed by atoms with Crippen LogP contribution in [0.25, 0.3) is 0 Å². The van der Waals surface area contributed by atoms with Crippen molar-refractivity contribution in [3.8, 4) is 0 Å². The third-order valence-corrected chi connectivity index (χ3v) is 4.69. The van der Waals surface area contributed by atoms with E-state index in [1.807, 2.05) is 0 Å². The van der Waals surface area contributed by atoms with Crippen molar-refractivity contribution in [1.82, 2.24) is 0 Å². The number of rotatable bonds is 6. The quantitative estimate of drug-likeness (QED) is 0.618. The number of carbonyl (C=O) groups is 2. The highest BCUT2D eigenvalue weighted by Crippen LogP contribution is 2.37. The number of thiophene rings is 1. The molecule has 1 aromatic heterocycles. The predicted molar refractivity (Wildman–Crippen MR) is 82.1 cm³/mol. The van der Waals surface area contributed by atoms with Gasteiger partial charge in [0.2, 0.25) is 0 Å². The van der Waals surface area contributed by atoms with E-state index < -0.39 is 5.97 Å². The second kappa shape index (κ2) is 6.91. The highest BCUT2D eigenvalue weighted by molar-refractivity contribution is 7.19. The lowest BCUT2D eigenvalue weighted by Crippen LogP contribution is -2.15. The smallest absolute Gasteiger partial charge is 0.343 e. The monoisotopic (exact) mass is 312 g/mol. The number of Topliss-reactive ketones (excluding diaryl/α,β-unsaturated/α-hetero) is 1. The second-order valence-corrected chi connectivity index (χ2v) is 5.95. The number of nitrogens with two attached hydrogens (primary N) is 1. The molecule has 0 amide bonds. The molecule has 1 aliphatic heterocycles. The average molecular weight is 312 g/mol. The molecule has 0 spiro atoms. The highest BCUT2D eigenvalue weighted by atomic mass is 32.1. The van der Waals surface area contributed by atoms with E-state index in [9.17, 15) is 9.59 Å². The van der Waals surface area contributed by atoms with Crippen LogP contribution < -0.4 is 11.1 Å². The van der Waals surface area contributed by atoms with E-state index in [-0.39, 0.29) is 17.0 Å². The molecule has 0 aliphatic carbocycles. The van der Waals surface area contributed by atoms with Crippen molar-refractivity contribution in [2.75, 3.05) is 37.9 Å². The van der Waals surface area contributed by atoms with Gasteiger partial charge < -0.3 is 20.5 Å². The Morgan fingerprint density at radius 1 is 1.52 bits per heavy atom. The summed E-state index contributed by atoms with van der Waals surface area (Å²) in [6, 6.07) is 0. The first-order valence-electron chi connectivity index (χ1n) is 6.93. The van der Waals surface area contributed by atoms with E-state index in [1.54, 1.807) is 6.92 Å². The molecule has 7 heteroatoms. The Balaban J connectivity index is 2.24. The number of nitrogen functional groups attached to an aromatic ring is 1. The van der Waals surface area contributed by atoms with Gasteiger partial charge in [0.15, 0.2) is 5.78 Å². The molecule has 6 nitrogen and oxygen atoms in total. The van der Waals surface area contributed by atoms with Crippen LogP contribution in [0.4, 0.5) is 10.7 Å². The minimum Gasteiger partial charge on any atom is -0.465 e. The molecular formula is C14H20N2O4S. The number of ether oxygens (including phenoxy) is 2. The Kier molecular flexibility index (Phi) is 5.19. The van der Waals surface area contributed by atoms with E-state index in [4.69, 9.17) is 15.2 Å². The Morgan fingerprint density at radius 2 is 2.29 bits per heavy atom. The molecule has 1 atom stereocenters. The van der Waals surface area contributed by atoms with Crippen molar-refractivity contribution in [3.63, 3.8) is 0 Å². The average Bonchev–Trinajstić information content (AvgIpc) is 3.11. The van der Waals surface area contributed by atoms with Gasteiger partial charge in [-0.1, -0.05) is 6.92 Å². The van der Waals surface area contributed by atoms with Crippen LogP contribution >= 0.6 is 11.3 Å². The molecule has 2 heterocycles. The molecule has 116 valence electrons. The number of esters is 1. The minimum absolute atomic E-state index is 0.0695. The van der Waals surface area contributed by atoms with Crippen LogP contribution in [0.3, 0.4) is 0 Å². The van der Waals surface area contributed by atoms with Gasteiger partial charge >= 0.3 is 5.97 Å². The summed E-state index contributed by atoms with van der Waals surface area (Å²) >= 11 is 1.22. The summed E-state index contributed by atoms with van der Waals surface area (Å²) in [5.74, 6) is -0.187. The summed E-state index contributed by atoms with van der Waals surface area (Å²) in [6.07, 6.45) is 1.34. The second-order valence-electron chi connectivity index (χ2n) is 4.93. The fourth-order valence-corrected chi connectivity index (χ4v) is 3.35. The maximum Gasteiger partial charge on any atom is 0.343 e. The van der Waals surface area contributed by atoms with E-state index in [1.165, 1.54) is 18.4 Å². The summed E-state index contributed by atoms with van der Waals surface area (Å²) < 4.78 is 10.1. The third kappa shape index (κ3) is 3.36. The van der Waals surface area contributed by atoms with Gasteiger partial charge in [-0.3, -0.25) is 4.79 Å². The number of hydrogen-bond acceptors (Lipinski definition) is 7. The van der Waals surface area contributed by atoms with Crippen molar-refractivity contribution in [3.05, 3.63) is 10.4 Å². The zero-order chi connectivity index (χ0) is 15.4. The Labute approximate surface area is 127 Å². The zero-order valence-corrected chi connectivity index (χ0v) is 13.0. The molecule has 1 unspecified atom stereocenters. The van der Waals surface area contributed by atoms with E-state index in [0.717, 1.165) is 13.0 Å². The van der Waals surface area contributed by atoms with Gasteiger partial charge in [0, 0.05) is 25.5 Å². The van der Waals surface area contributed by atoms with E-state index in [0.29, 0.717) is 35.4 Å². The molecule has 0 bridgehead atoms. The molecular weight excluding hydrogens is 292 g/mol. The SMILES string of the molecule is CCC(=O)c1sc(NCC2CCOC2)c(C(=O)OC)c1N. The summed E-state index contributed by atoms with van der Waals surface area (Å²) in [4.78, 5) is 24.2. The van der Waals surface area contributed by atoms with Crippen LogP contribution in [0.1, 0.15) is 39.8 Å². The minimum atomic E-state index is -0.524.